The number of carbonyl (C=O) groups is 1. The molecule has 1 aliphatic rings. The number of nitrogens with one attached hydrogen (secondary N) is 1. The van der Waals surface area contributed by atoms with Crippen molar-refractivity contribution in [2.24, 2.45) is 7.05 Å². The summed E-state index contributed by atoms with van der Waals surface area (Å²) in [6, 6.07) is 8.76. The molecule has 1 aromatic heterocycles. The standard InChI is InChI=1S/C19H26N4O3S/c1-3-6-17-13-18(22(2)21-17)19(24)20-16-9-7-15(8-10-16)14-27(25,26)23-11-4-5-12-23/h7-10,13H,3-6,11-12,14H2,1-2H3,(H,20,24). The van der Waals surface area contributed by atoms with E-state index in [1.54, 1.807) is 46.4 Å². The molecule has 2 heterocycles. The first kappa shape index (κ1) is 19.6. The Morgan fingerprint density at radius 3 is 2.48 bits per heavy atom. The first-order valence-corrected chi connectivity index (χ1v) is 10.9. The molecule has 0 bridgehead atoms. The molecule has 3 rings (SSSR count). The van der Waals surface area contributed by atoms with Crippen LogP contribution >= 0.6 is 0 Å². The number of hydrogen-bond donors (Lipinski definition) is 1. The number of benzene rings is 1. The van der Waals surface area contributed by atoms with Crippen molar-refractivity contribution in [2.45, 2.75) is 38.4 Å². The lowest BCUT2D eigenvalue weighted by molar-refractivity contribution is 0.101. The molecule has 1 fully saturated rings. The summed E-state index contributed by atoms with van der Waals surface area (Å²) >= 11 is 0. The second-order valence-corrected chi connectivity index (χ2v) is 8.88. The van der Waals surface area contributed by atoms with E-state index in [1.807, 2.05) is 0 Å². The molecule has 146 valence electrons. The summed E-state index contributed by atoms with van der Waals surface area (Å²) in [5.74, 6) is -0.242. The van der Waals surface area contributed by atoms with Crippen LogP contribution in [0.5, 0.6) is 0 Å². The fraction of sp³-hybridized carbons (Fsp3) is 0.474. The van der Waals surface area contributed by atoms with Crippen LogP contribution in [0.2, 0.25) is 0 Å². The zero-order valence-corrected chi connectivity index (χ0v) is 16.6. The van der Waals surface area contributed by atoms with E-state index in [2.05, 4.69) is 17.3 Å². The van der Waals surface area contributed by atoms with Crippen LogP contribution in [-0.2, 0) is 29.2 Å². The largest absolute Gasteiger partial charge is 0.321 e. The monoisotopic (exact) mass is 390 g/mol. The molecule has 1 aliphatic heterocycles. The Morgan fingerprint density at radius 1 is 1.19 bits per heavy atom. The molecule has 0 spiro atoms. The predicted octanol–water partition coefficient (Wildman–Crippen LogP) is 2.55. The van der Waals surface area contributed by atoms with Gasteiger partial charge in [0, 0.05) is 25.8 Å². The summed E-state index contributed by atoms with van der Waals surface area (Å²) in [5.41, 5.74) is 2.73. The van der Waals surface area contributed by atoms with Gasteiger partial charge >= 0.3 is 0 Å². The van der Waals surface area contributed by atoms with E-state index in [-0.39, 0.29) is 11.7 Å². The minimum atomic E-state index is -3.27. The second kappa shape index (κ2) is 8.22. The number of sulfonamides is 1. The summed E-state index contributed by atoms with van der Waals surface area (Å²) in [6.07, 6.45) is 3.66. The topological polar surface area (TPSA) is 84.3 Å². The number of amides is 1. The van der Waals surface area contributed by atoms with Gasteiger partial charge in [-0.1, -0.05) is 25.5 Å². The molecule has 7 nitrogen and oxygen atoms in total. The minimum absolute atomic E-state index is 0.0106. The molecule has 0 unspecified atom stereocenters. The fourth-order valence-corrected chi connectivity index (χ4v) is 4.88. The fourth-order valence-electron chi connectivity index (χ4n) is 3.27. The predicted molar refractivity (Wildman–Crippen MR) is 105 cm³/mol. The van der Waals surface area contributed by atoms with Gasteiger partial charge in [-0.2, -0.15) is 5.10 Å². The van der Waals surface area contributed by atoms with Gasteiger partial charge in [0.05, 0.1) is 11.4 Å². The van der Waals surface area contributed by atoms with Gasteiger partial charge < -0.3 is 5.32 Å². The molecule has 0 aliphatic carbocycles. The third-order valence-corrected chi connectivity index (χ3v) is 6.54. The van der Waals surface area contributed by atoms with Gasteiger partial charge in [-0.25, -0.2) is 12.7 Å². The highest BCUT2D eigenvalue weighted by Crippen LogP contribution is 2.19. The quantitative estimate of drug-likeness (QED) is 0.787. The Labute approximate surface area is 160 Å². The van der Waals surface area contributed by atoms with Gasteiger partial charge in [-0.05, 0) is 43.0 Å². The number of rotatable bonds is 7. The molecular formula is C19H26N4O3S. The minimum Gasteiger partial charge on any atom is -0.321 e. The Morgan fingerprint density at radius 2 is 1.85 bits per heavy atom. The van der Waals surface area contributed by atoms with Crippen molar-refractivity contribution in [3.8, 4) is 0 Å². The Balaban J connectivity index is 1.64. The number of hydrogen-bond acceptors (Lipinski definition) is 4. The molecule has 0 atom stereocenters. The number of aryl methyl sites for hydroxylation is 2. The molecule has 27 heavy (non-hydrogen) atoms. The molecule has 1 saturated heterocycles. The van der Waals surface area contributed by atoms with Crippen LogP contribution in [0.25, 0.3) is 0 Å². The van der Waals surface area contributed by atoms with Crippen molar-refractivity contribution in [1.82, 2.24) is 14.1 Å². The molecule has 2 aromatic rings. The van der Waals surface area contributed by atoms with Crippen molar-refractivity contribution in [1.29, 1.82) is 0 Å². The van der Waals surface area contributed by atoms with Crippen LogP contribution in [0, 0.1) is 0 Å². The van der Waals surface area contributed by atoms with E-state index in [4.69, 9.17) is 0 Å². The van der Waals surface area contributed by atoms with Crippen LogP contribution in [0.4, 0.5) is 5.69 Å². The average Bonchev–Trinajstić information content (AvgIpc) is 3.27. The SMILES string of the molecule is CCCc1cc(C(=O)Nc2ccc(CS(=O)(=O)N3CCCC3)cc2)n(C)n1. The Bertz CT molecular complexity index is 898. The molecular weight excluding hydrogens is 364 g/mol. The van der Waals surface area contributed by atoms with Crippen LogP contribution < -0.4 is 5.32 Å². The van der Waals surface area contributed by atoms with E-state index in [1.165, 1.54) is 0 Å². The van der Waals surface area contributed by atoms with Crippen LogP contribution in [0.1, 0.15) is 47.9 Å². The normalized spacial score (nSPS) is 15.2. The molecule has 1 aromatic carbocycles. The lowest BCUT2D eigenvalue weighted by Gasteiger charge is -2.15. The van der Waals surface area contributed by atoms with Crippen LogP contribution in [0.15, 0.2) is 30.3 Å². The molecule has 0 radical (unpaired) electrons. The lowest BCUT2D eigenvalue weighted by Crippen LogP contribution is -2.29. The van der Waals surface area contributed by atoms with E-state index in [0.717, 1.165) is 31.4 Å². The van der Waals surface area contributed by atoms with Crippen LogP contribution in [0.3, 0.4) is 0 Å². The van der Waals surface area contributed by atoms with E-state index < -0.39 is 10.0 Å². The summed E-state index contributed by atoms with van der Waals surface area (Å²) in [6.45, 7) is 3.29. The van der Waals surface area contributed by atoms with Crippen molar-refractivity contribution >= 4 is 21.6 Å². The van der Waals surface area contributed by atoms with Gasteiger partial charge in [0.15, 0.2) is 0 Å². The van der Waals surface area contributed by atoms with Crippen molar-refractivity contribution in [3.63, 3.8) is 0 Å². The van der Waals surface area contributed by atoms with Crippen LogP contribution in [-0.4, -0.2) is 41.5 Å². The second-order valence-electron chi connectivity index (χ2n) is 6.91. The average molecular weight is 391 g/mol. The number of aromatic nitrogens is 2. The zero-order valence-electron chi connectivity index (χ0n) is 15.8. The molecule has 1 amide bonds. The van der Waals surface area contributed by atoms with Gasteiger partial charge in [-0.15, -0.1) is 0 Å². The highest BCUT2D eigenvalue weighted by molar-refractivity contribution is 7.88. The van der Waals surface area contributed by atoms with E-state index >= 15 is 0 Å². The Kier molecular flexibility index (Phi) is 5.96. The first-order chi connectivity index (χ1) is 12.9. The third kappa shape index (κ3) is 4.75. The number of nitrogens with zero attached hydrogens (tertiary/aromatic N) is 3. The van der Waals surface area contributed by atoms with E-state index in [9.17, 15) is 13.2 Å². The van der Waals surface area contributed by atoms with Crippen molar-refractivity contribution in [3.05, 3.63) is 47.3 Å². The molecule has 0 saturated carbocycles. The van der Waals surface area contributed by atoms with Crippen molar-refractivity contribution in [2.75, 3.05) is 18.4 Å². The van der Waals surface area contributed by atoms with Gasteiger partial charge in [0.1, 0.15) is 5.69 Å². The van der Waals surface area contributed by atoms with E-state index in [0.29, 0.717) is 30.0 Å². The maximum absolute atomic E-state index is 12.5. The lowest BCUT2D eigenvalue weighted by atomic mass is 10.2. The number of carbonyl (C=O) groups excluding carboxylic acids is 1. The third-order valence-electron chi connectivity index (χ3n) is 4.69. The van der Waals surface area contributed by atoms with Gasteiger partial charge in [-0.3, -0.25) is 9.48 Å². The van der Waals surface area contributed by atoms with Gasteiger partial charge in [0.2, 0.25) is 10.0 Å². The molecule has 1 N–H and O–H groups in total. The summed E-state index contributed by atoms with van der Waals surface area (Å²) < 4.78 is 27.9. The Hall–Kier alpha value is -2.19. The molecule has 8 heteroatoms. The summed E-state index contributed by atoms with van der Waals surface area (Å²) in [7, 11) is -1.52. The first-order valence-electron chi connectivity index (χ1n) is 9.30. The highest BCUT2D eigenvalue weighted by atomic mass is 32.2. The zero-order chi connectivity index (χ0) is 19.4. The van der Waals surface area contributed by atoms with Crippen molar-refractivity contribution < 1.29 is 13.2 Å². The van der Waals surface area contributed by atoms with Gasteiger partial charge in [0.25, 0.3) is 5.91 Å². The highest BCUT2D eigenvalue weighted by Gasteiger charge is 2.25. The summed E-state index contributed by atoms with van der Waals surface area (Å²) in [5, 5.41) is 7.18. The maximum atomic E-state index is 12.5. The smallest absolute Gasteiger partial charge is 0.273 e. The maximum Gasteiger partial charge on any atom is 0.273 e. The number of anilines is 1. The summed E-state index contributed by atoms with van der Waals surface area (Å²) in [4.78, 5) is 12.5.